The molecule has 0 unspecified atom stereocenters. The lowest BCUT2D eigenvalue weighted by molar-refractivity contribution is 0.104. The number of halogens is 2. The molecule has 186 valence electrons. The molecule has 8 heteroatoms. The molecule has 5 nitrogen and oxygen atoms in total. The number of thiophene rings is 1. The van der Waals surface area contributed by atoms with Crippen LogP contribution in [0.5, 0.6) is 17.2 Å². The molecule has 36 heavy (non-hydrogen) atoms. The van der Waals surface area contributed by atoms with Gasteiger partial charge in [0.1, 0.15) is 22.2 Å². The molecule has 1 saturated heterocycles. The maximum Gasteiger partial charge on any atom is 0.206 e. The number of ketones is 1. The molecule has 0 saturated carbocycles. The number of nitrogens with zero attached hydrogens (tertiary/aromatic N) is 1. The number of fused-ring (bicyclic) bond motifs is 1. The van der Waals surface area contributed by atoms with Gasteiger partial charge < -0.3 is 20.1 Å². The van der Waals surface area contributed by atoms with Gasteiger partial charge in [-0.1, -0.05) is 0 Å². The summed E-state index contributed by atoms with van der Waals surface area (Å²) in [6.45, 7) is 2.35. The minimum absolute atomic E-state index is 0.0988. The summed E-state index contributed by atoms with van der Waals surface area (Å²) in [4.78, 5) is 15.9. The minimum Gasteiger partial charge on any atom is -0.508 e. The summed E-state index contributed by atoms with van der Waals surface area (Å²) in [6.07, 6.45) is 1.58. The van der Waals surface area contributed by atoms with Gasteiger partial charge in [-0.15, -0.1) is 11.3 Å². The van der Waals surface area contributed by atoms with E-state index in [1.807, 2.05) is 24.3 Å². The van der Waals surface area contributed by atoms with Crippen LogP contribution < -0.4 is 10.1 Å². The summed E-state index contributed by atoms with van der Waals surface area (Å²) in [5.74, 6) is 0.383. The third-order valence-electron chi connectivity index (χ3n) is 6.27. The topological polar surface area (TPSA) is 61.8 Å². The molecule has 0 radical (unpaired) electrons. The Bertz CT molecular complexity index is 1360. The third kappa shape index (κ3) is 5.34. The SMILES string of the molecule is O=C(c1ccc(F)cc1)c1sc2cc(O)ccc2c1Oc1ccc(N[C@@H]2CCN(CCCF)C2)cc1. The Balaban J connectivity index is 1.35. The number of nitrogens with one attached hydrogen (secondary N) is 1. The van der Waals surface area contributed by atoms with Crippen LogP contribution in [0.25, 0.3) is 10.1 Å². The van der Waals surface area contributed by atoms with Gasteiger partial charge in [-0.05, 0) is 79.6 Å². The van der Waals surface area contributed by atoms with E-state index in [4.69, 9.17) is 4.74 Å². The van der Waals surface area contributed by atoms with E-state index in [1.54, 1.807) is 18.2 Å². The smallest absolute Gasteiger partial charge is 0.206 e. The van der Waals surface area contributed by atoms with Crippen molar-refractivity contribution in [3.05, 3.63) is 83.0 Å². The van der Waals surface area contributed by atoms with Crippen LogP contribution in [0.1, 0.15) is 28.1 Å². The zero-order chi connectivity index (χ0) is 25.1. The Labute approximate surface area is 211 Å². The van der Waals surface area contributed by atoms with Gasteiger partial charge in [0.05, 0.1) is 6.67 Å². The van der Waals surface area contributed by atoms with E-state index in [9.17, 15) is 18.7 Å². The van der Waals surface area contributed by atoms with Gasteiger partial charge in [0.2, 0.25) is 5.78 Å². The van der Waals surface area contributed by atoms with Crippen LogP contribution in [-0.4, -0.2) is 48.1 Å². The van der Waals surface area contributed by atoms with Gasteiger partial charge in [0.25, 0.3) is 0 Å². The second-order valence-electron chi connectivity index (χ2n) is 8.88. The highest BCUT2D eigenvalue weighted by molar-refractivity contribution is 7.21. The second-order valence-corrected chi connectivity index (χ2v) is 9.93. The zero-order valence-corrected chi connectivity index (χ0v) is 20.4. The summed E-state index contributed by atoms with van der Waals surface area (Å²) in [5.41, 5.74) is 1.32. The van der Waals surface area contributed by atoms with Gasteiger partial charge in [-0.3, -0.25) is 9.18 Å². The van der Waals surface area contributed by atoms with Crippen molar-refractivity contribution in [2.45, 2.75) is 18.9 Å². The highest BCUT2D eigenvalue weighted by Crippen LogP contribution is 2.42. The Morgan fingerprint density at radius 2 is 1.89 bits per heavy atom. The highest BCUT2D eigenvalue weighted by Gasteiger charge is 2.23. The zero-order valence-electron chi connectivity index (χ0n) is 19.5. The number of aromatic hydroxyl groups is 1. The number of ether oxygens (including phenoxy) is 1. The molecule has 3 aromatic carbocycles. The monoisotopic (exact) mass is 508 g/mol. The van der Waals surface area contributed by atoms with E-state index in [-0.39, 0.29) is 18.2 Å². The van der Waals surface area contributed by atoms with Crippen molar-refractivity contribution < 1.29 is 23.4 Å². The van der Waals surface area contributed by atoms with E-state index in [0.717, 1.165) is 31.7 Å². The van der Waals surface area contributed by atoms with E-state index in [2.05, 4.69) is 10.2 Å². The van der Waals surface area contributed by atoms with E-state index in [0.29, 0.717) is 44.5 Å². The minimum atomic E-state index is -0.414. The van der Waals surface area contributed by atoms with Gasteiger partial charge in [-0.2, -0.15) is 0 Å². The van der Waals surface area contributed by atoms with Crippen molar-refractivity contribution in [2.24, 2.45) is 0 Å². The maximum absolute atomic E-state index is 13.4. The molecule has 0 amide bonds. The second kappa shape index (κ2) is 10.6. The van der Waals surface area contributed by atoms with E-state index >= 15 is 0 Å². The van der Waals surface area contributed by atoms with Crippen molar-refractivity contribution in [1.82, 2.24) is 4.90 Å². The first-order chi connectivity index (χ1) is 17.5. The number of anilines is 1. The average molecular weight is 509 g/mol. The lowest BCUT2D eigenvalue weighted by Gasteiger charge is -2.17. The van der Waals surface area contributed by atoms with Crippen molar-refractivity contribution in [3.63, 3.8) is 0 Å². The van der Waals surface area contributed by atoms with Crippen LogP contribution in [0.4, 0.5) is 14.5 Å². The number of carbonyl (C=O) groups is 1. The number of phenolic OH excluding ortho intramolecular Hbond substituents is 1. The molecule has 2 N–H and O–H groups in total. The van der Waals surface area contributed by atoms with Gasteiger partial charge in [0, 0.05) is 47.0 Å². The van der Waals surface area contributed by atoms with Crippen LogP contribution in [0, 0.1) is 5.82 Å². The van der Waals surface area contributed by atoms with Crippen LogP contribution in [-0.2, 0) is 0 Å². The summed E-state index contributed by atoms with van der Waals surface area (Å²) in [5, 5.41) is 14.2. The summed E-state index contributed by atoms with van der Waals surface area (Å²) in [7, 11) is 0. The molecule has 1 aliphatic rings. The van der Waals surface area contributed by atoms with Crippen LogP contribution in [0.2, 0.25) is 0 Å². The Morgan fingerprint density at radius 1 is 1.11 bits per heavy atom. The fraction of sp³-hybridized carbons (Fsp3) is 0.250. The van der Waals surface area contributed by atoms with Crippen LogP contribution >= 0.6 is 11.3 Å². The third-order valence-corrected chi connectivity index (χ3v) is 7.40. The van der Waals surface area contributed by atoms with Crippen molar-refractivity contribution >= 4 is 32.9 Å². The molecule has 1 atom stereocenters. The molecular formula is C28H26F2N2O3S. The quantitative estimate of drug-likeness (QED) is 0.249. The number of benzene rings is 3. The fourth-order valence-electron chi connectivity index (χ4n) is 4.45. The largest absolute Gasteiger partial charge is 0.508 e. The normalized spacial score (nSPS) is 15.9. The number of carbonyl (C=O) groups excluding carboxylic acids is 1. The molecule has 0 aliphatic carbocycles. The lowest BCUT2D eigenvalue weighted by atomic mass is 10.1. The molecule has 1 aliphatic heterocycles. The molecule has 2 heterocycles. The van der Waals surface area contributed by atoms with E-state index in [1.165, 1.54) is 35.6 Å². The van der Waals surface area contributed by atoms with Crippen molar-refractivity contribution in [1.29, 1.82) is 0 Å². The molecule has 4 aromatic rings. The predicted molar refractivity (Wildman–Crippen MR) is 139 cm³/mol. The first kappa shape index (κ1) is 24.2. The first-order valence-electron chi connectivity index (χ1n) is 11.9. The maximum atomic E-state index is 13.4. The summed E-state index contributed by atoms with van der Waals surface area (Å²) < 4.78 is 32.8. The summed E-state index contributed by atoms with van der Waals surface area (Å²) >= 11 is 1.23. The highest BCUT2D eigenvalue weighted by atomic mass is 32.1. The van der Waals surface area contributed by atoms with Crippen molar-refractivity contribution in [2.75, 3.05) is 31.6 Å². The fourth-order valence-corrected chi connectivity index (χ4v) is 5.58. The average Bonchev–Trinajstić information content (AvgIpc) is 3.48. The summed E-state index contributed by atoms with van der Waals surface area (Å²) in [6, 6.07) is 18.1. The Kier molecular flexibility index (Phi) is 7.16. The van der Waals surface area contributed by atoms with Crippen LogP contribution in [0.3, 0.4) is 0 Å². The Morgan fingerprint density at radius 3 is 2.64 bits per heavy atom. The van der Waals surface area contributed by atoms with E-state index < -0.39 is 5.82 Å². The Hall–Kier alpha value is -3.49. The number of hydrogen-bond donors (Lipinski definition) is 2. The molecule has 0 bridgehead atoms. The van der Waals surface area contributed by atoms with Crippen LogP contribution in [0.15, 0.2) is 66.7 Å². The molecular weight excluding hydrogens is 482 g/mol. The predicted octanol–water partition coefficient (Wildman–Crippen LogP) is 6.62. The van der Waals surface area contributed by atoms with Gasteiger partial charge in [0.15, 0.2) is 5.75 Å². The number of phenols is 1. The standard InChI is InChI=1S/C28H26F2N2O3S/c29-13-1-14-32-15-12-21(17-32)31-20-6-9-23(10-7-20)35-27-24-11-8-22(33)16-25(24)36-28(27)26(34)18-2-4-19(30)5-3-18/h2-11,16,21,31,33H,1,12-15,17H2/t21-/m1/s1. The number of hydrogen-bond acceptors (Lipinski definition) is 6. The molecule has 1 fully saturated rings. The molecule has 1 aromatic heterocycles. The molecule has 5 rings (SSSR count). The first-order valence-corrected chi connectivity index (χ1v) is 12.7. The number of rotatable bonds is 9. The van der Waals surface area contributed by atoms with Crippen molar-refractivity contribution in [3.8, 4) is 17.2 Å². The van der Waals surface area contributed by atoms with Gasteiger partial charge >= 0.3 is 0 Å². The molecule has 0 spiro atoms. The van der Waals surface area contributed by atoms with Gasteiger partial charge in [-0.25, -0.2) is 4.39 Å². The number of alkyl halides is 1. The lowest BCUT2D eigenvalue weighted by Crippen LogP contribution is -2.27. The number of likely N-dealkylation sites (tertiary alicyclic amines) is 1.